The van der Waals surface area contributed by atoms with Gasteiger partial charge in [-0.3, -0.25) is 9.69 Å². The zero-order chi connectivity index (χ0) is 13.0. The SMILES string of the molecule is CC1(C)COCCN1CCNC(=O)c1cn[nH]n1. The van der Waals surface area contributed by atoms with Crippen LogP contribution in [0.15, 0.2) is 6.20 Å². The molecule has 0 atom stereocenters. The van der Waals surface area contributed by atoms with Crippen LogP contribution in [0.4, 0.5) is 0 Å². The maximum atomic E-state index is 11.6. The minimum absolute atomic E-state index is 0.0247. The van der Waals surface area contributed by atoms with Gasteiger partial charge in [0.05, 0.1) is 19.4 Å². The predicted octanol–water partition coefficient (Wildman–Crippen LogP) is -0.355. The minimum atomic E-state index is -0.199. The summed E-state index contributed by atoms with van der Waals surface area (Å²) < 4.78 is 5.45. The highest BCUT2D eigenvalue weighted by Crippen LogP contribution is 2.17. The summed E-state index contributed by atoms with van der Waals surface area (Å²) >= 11 is 0. The molecule has 18 heavy (non-hydrogen) atoms. The first kappa shape index (κ1) is 13.0. The first-order valence-electron chi connectivity index (χ1n) is 6.06. The van der Waals surface area contributed by atoms with E-state index in [0.29, 0.717) is 12.2 Å². The molecule has 0 aromatic carbocycles. The maximum absolute atomic E-state index is 11.6. The van der Waals surface area contributed by atoms with Crippen molar-refractivity contribution < 1.29 is 9.53 Å². The molecule has 1 aromatic heterocycles. The molecule has 1 amide bonds. The Morgan fingerprint density at radius 3 is 3.17 bits per heavy atom. The highest BCUT2D eigenvalue weighted by Gasteiger charge is 2.29. The van der Waals surface area contributed by atoms with E-state index in [0.717, 1.165) is 26.3 Å². The minimum Gasteiger partial charge on any atom is -0.378 e. The van der Waals surface area contributed by atoms with Crippen LogP contribution in [0.25, 0.3) is 0 Å². The number of H-pyrrole nitrogens is 1. The van der Waals surface area contributed by atoms with E-state index in [1.165, 1.54) is 6.20 Å². The van der Waals surface area contributed by atoms with Gasteiger partial charge in [0.15, 0.2) is 5.69 Å². The molecule has 0 radical (unpaired) electrons. The summed E-state index contributed by atoms with van der Waals surface area (Å²) in [5, 5.41) is 12.6. The lowest BCUT2D eigenvalue weighted by atomic mass is 10.0. The quantitative estimate of drug-likeness (QED) is 0.766. The molecule has 1 aliphatic rings. The van der Waals surface area contributed by atoms with Crippen LogP contribution < -0.4 is 5.32 Å². The third kappa shape index (κ3) is 3.05. The fourth-order valence-corrected chi connectivity index (χ4v) is 2.01. The molecule has 7 nitrogen and oxygen atoms in total. The Morgan fingerprint density at radius 2 is 2.50 bits per heavy atom. The van der Waals surface area contributed by atoms with Crippen molar-refractivity contribution in [3.63, 3.8) is 0 Å². The van der Waals surface area contributed by atoms with Gasteiger partial charge in [-0.1, -0.05) is 0 Å². The molecule has 1 saturated heterocycles. The number of carbonyl (C=O) groups excluding carboxylic acids is 1. The van der Waals surface area contributed by atoms with Crippen LogP contribution in [0.1, 0.15) is 24.3 Å². The number of aromatic nitrogens is 3. The van der Waals surface area contributed by atoms with Gasteiger partial charge in [-0.2, -0.15) is 15.4 Å². The molecule has 2 N–H and O–H groups in total. The van der Waals surface area contributed by atoms with Crippen LogP contribution in [-0.4, -0.2) is 64.6 Å². The molecule has 1 aliphatic heterocycles. The summed E-state index contributed by atoms with van der Waals surface area (Å²) in [6.07, 6.45) is 1.41. The van der Waals surface area contributed by atoms with E-state index >= 15 is 0 Å². The van der Waals surface area contributed by atoms with Crippen molar-refractivity contribution >= 4 is 5.91 Å². The number of amides is 1. The summed E-state index contributed by atoms with van der Waals surface area (Å²) in [5.74, 6) is -0.199. The molecular formula is C11H19N5O2. The zero-order valence-electron chi connectivity index (χ0n) is 10.8. The van der Waals surface area contributed by atoms with Crippen LogP contribution in [0, 0.1) is 0 Å². The Bertz CT molecular complexity index is 390. The monoisotopic (exact) mass is 253 g/mol. The number of rotatable bonds is 4. The number of hydrogen-bond acceptors (Lipinski definition) is 5. The standard InChI is InChI=1S/C11H19N5O2/c1-11(2)8-18-6-5-16(11)4-3-12-10(17)9-7-13-15-14-9/h7H,3-6,8H2,1-2H3,(H,12,17)(H,13,14,15). The van der Waals surface area contributed by atoms with E-state index in [2.05, 4.69) is 39.5 Å². The number of nitrogens with one attached hydrogen (secondary N) is 2. The Balaban J connectivity index is 1.76. The van der Waals surface area contributed by atoms with Crippen molar-refractivity contribution in [3.8, 4) is 0 Å². The summed E-state index contributed by atoms with van der Waals surface area (Å²) in [4.78, 5) is 14.0. The Kier molecular flexibility index (Phi) is 3.93. The largest absolute Gasteiger partial charge is 0.378 e. The summed E-state index contributed by atoms with van der Waals surface area (Å²) in [6, 6.07) is 0. The average molecular weight is 253 g/mol. The Morgan fingerprint density at radius 1 is 1.67 bits per heavy atom. The van der Waals surface area contributed by atoms with Gasteiger partial charge in [0, 0.05) is 25.2 Å². The number of ether oxygens (including phenoxy) is 1. The van der Waals surface area contributed by atoms with Gasteiger partial charge in [0.25, 0.3) is 5.91 Å². The van der Waals surface area contributed by atoms with Gasteiger partial charge in [0.2, 0.25) is 0 Å². The van der Waals surface area contributed by atoms with Crippen molar-refractivity contribution in [1.82, 2.24) is 25.6 Å². The fraction of sp³-hybridized carbons (Fsp3) is 0.727. The number of carbonyl (C=O) groups is 1. The molecule has 1 aromatic rings. The molecule has 7 heteroatoms. The van der Waals surface area contributed by atoms with Gasteiger partial charge in [-0.15, -0.1) is 0 Å². The Hall–Kier alpha value is -1.47. The maximum Gasteiger partial charge on any atom is 0.273 e. The van der Waals surface area contributed by atoms with Crippen molar-refractivity contribution in [2.24, 2.45) is 0 Å². The number of morpholine rings is 1. The van der Waals surface area contributed by atoms with E-state index in [4.69, 9.17) is 4.74 Å². The fourth-order valence-electron chi connectivity index (χ4n) is 2.01. The number of aromatic amines is 1. The lowest BCUT2D eigenvalue weighted by Crippen LogP contribution is -2.54. The molecule has 2 heterocycles. The van der Waals surface area contributed by atoms with E-state index in [-0.39, 0.29) is 11.4 Å². The van der Waals surface area contributed by atoms with Crippen LogP contribution >= 0.6 is 0 Å². The number of nitrogens with zero attached hydrogens (tertiary/aromatic N) is 3. The molecule has 2 rings (SSSR count). The van der Waals surface area contributed by atoms with Crippen molar-refractivity contribution in [3.05, 3.63) is 11.9 Å². The van der Waals surface area contributed by atoms with Crippen LogP contribution in [0.3, 0.4) is 0 Å². The lowest BCUT2D eigenvalue weighted by molar-refractivity contribution is -0.0498. The van der Waals surface area contributed by atoms with Crippen LogP contribution in [0.5, 0.6) is 0 Å². The van der Waals surface area contributed by atoms with Crippen LogP contribution in [0.2, 0.25) is 0 Å². The molecule has 0 aliphatic carbocycles. The van der Waals surface area contributed by atoms with E-state index in [1.807, 2.05) is 0 Å². The van der Waals surface area contributed by atoms with Gasteiger partial charge >= 0.3 is 0 Å². The highest BCUT2D eigenvalue weighted by molar-refractivity contribution is 5.91. The molecule has 1 fully saturated rings. The second-order valence-electron chi connectivity index (χ2n) is 4.96. The highest BCUT2D eigenvalue weighted by atomic mass is 16.5. The van der Waals surface area contributed by atoms with Crippen molar-refractivity contribution in [1.29, 1.82) is 0 Å². The molecule has 0 unspecified atom stereocenters. The summed E-state index contributed by atoms with van der Waals surface area (Å²) in [7, 11) is 0. The summed E-state index contributed by atoms with van der Waals surface area (Å²) in [5.41, 5.74) is 0.341. The number of hydrogen-bond donors (Lipinski definition) is 2. The van der Waals surface area contributed by atoms with Crippen molar-refractivity contribution in [2.75, 3.05) is 32.8 Å². The van der Waals surface area contributed by atoms with Gasteiger partial charge in [0.1, 0.15) is 0 Å². The second kappa shape index (κ2) is 5.45. The second-order valence-corrected chi connectivity index (χ2v) is 4.96. The molecule has 0 saturated carbocycles. The van der Waals surface area contributed by atoms with E-state index in [9.17, 15) is 4.79 Å². The predicted molar refractivity (Wildman–Crippen MR) is 65.2 cm³/mol. The zero-order valence-corrected chi connectivity index (χ0v) is 10.8. The van der Waals surface area contributed by atoms with Gasteiger partial charge < -0.3 is 10.1 Å². The van der Waals surface area contributed by atoms with E-state index < -0.39 is 0 Å². The summed E-state index contributed by atoms with van der Waals surface area (Å²) in [6.45, 7) is 8.06. The first-order chi connectivity index (χ1) is 8.59. The smallest absolute Gasteiger partial charge is 0.273 e. The third-order valence-corrected chi connectivity index (χ3v) is 3.13. The molecule has 100 valence electrons. The topological polar surface area (TPSA) is 83.1 Å². The molecule has 0 spiro atoms. The average Bonchev–Trinajstić information content (AvgIpc) is 2.84. The van der Waals surface area contributed by atoms with Crippen LogP contribution in [-0.2, 0) is 4.74 Å². The molecular weight excluding hydrogens is 234 g/mol. The van der Waals surface area contributed by atoms with Crippen molar-refractivity contribution in [2.45, 2.75) is 19.4 Å². The normalized spacial score (nSPS) is 19.7. The lowest BCUT2D eigenvalue weighted by Gasteiger charge is -2.42. The molecule has 0 bridgehead atoms. The third-order valence-electron chi connectivity index (χ3n) is 3.13. The van der Waals surface area contributed by atoms with Gasteiger partial charge in [-0.25, -0.2) is 0 Å². The first-order valence-corrected chi connectivity index (χ1v) is 6.06. The van der Waals surface area contributed by atoms with E-state index in [1.54, 1.807) is 0 Å². The Labute approximate surface area is 106 Å². The van der Waals surface area contributed by atoms with Gasteiger partial charge in [-0.05, 0) is 13.8 Å².